The van der Waals surface area contributed by atoms with Crippen molar-refractivity contribution in [2.24, 2.45) is 0 Å². The molecular weight excluding hydrogens is 342 g/mol. The van der Waals surface area contributed by atoms with Crippen molar-refractivity contribution in [2.75, 3.05) is 52.4 Å². The molecular formula is C21H33N3O3. The minimum Gasteiger partial charge on any atom is -0.444 e. The average molecular weight is 376 g/mol. The Balaban J connectivity index is 1.41. The van der Waals surface area contributed by atoms with Gasteiger partial charge in [-0.15, -0.1) is 0 Å². The highest BCUT2D eigenvalue weighted by Gasteiger charge is 2.28. The van der Waals surface area contributed by atoms with E-state index in [2.05, 4.69) is 40.1 Å². The van der Waals surface area contributed by atoms with Gasteiger partial charge in [0, 0.05) is 52.4 Å². The molecule has 1 atom stereocenters. The van der Waals surface area contributed by atoms with E-state index >= 15 is 0 Å². The van der Waals surface area contributed by atoms with Crippen LogP contribution in [-0.2, 0) is 16.0 Å². The Morgan fingerprint density at radius 2 is 1.78 bits per heavy atom. The average Bonchev–Trinajstić information content (AvgIpc) is 2.62. The summed E-state index contributed by atoms with van der Waals surface area (Å²) in [6.45, 7) is 13.5. The van der Waals surface area contributed by atoms with Crippen LogP contribution in [0.3, 0.4) is 0 Å². The topological polar surface area (TPSA) is 45.2 Å². The van der Waals surface area contributed by atoms with Gasteiger partial charge in [-0.25, -0.2) is 4.79 Å². The van der Waals surface area contributed by atoms with Gasteiger partial charge in [-0.2, -0.15) is 0 Å². The molecule has 6 nitrogen and oxygen atoms in total. The van der Waals surface area contributed by atoms with Crippen LogP contribution >= 0.6 is 0 Å². The lowest BCUT2D eigenvalue weighted by atomic mass is 10.1. The summed E-state index contributed by atoms with van der Waals surface area (Å²) in [6, 6.07) is 10.6. The highest BCUT2D eigenvalue weighted by atomic mass is 16.6. The van der Waals surface area contributed by atoms with Crippen LogP contribution < -0.4 is 0 Å². The van der Waals surface area contributed by atoms with Crippen LogP contribution in [-0.4, -0.2) is 84.9 Å². The van der Waals surface area contributed by atoms with Crippen LogP contribution in [0, 0.1) is 0 Å². The molecule has 0 radical (unpaired) electrons. The normalized spacial score (nSPS) is 22.6. The zero-order valence-electron chi connectivity index (χ0n) is 16.9. The number of piperazine rings is 1. The van der Waals surface area contributed by atoms with Gasteiger partial charge in [-0.3, -0.25) is 9.80 Å². The monoisotopic (exact) mass is 375 g/mol. The Kier molecular flexibility index (Phi) is 6.73. The lowest BCUT2D eigenvalue weighted by Crippen LogP contribution is -2.54. The van der Waals surface area contributed by atoms with Crippen LogP contribution in [0.1, 0.15) is 26.3 Å². The molecule has 0 spiro atoms. The Bertz CT molecular complexity index is 594. The SMILES string of the molecule is CC(C)(C)OC(=O)N1CCN(C[C@@H]2CN(Cc3ccccc3)CCO2)CC1. The zero-order chi connectivity index (χ0) is 19.3. The highest BCUT2D eigenvalue weighted by molar-refractivity contribution is 5.68. The van der Waals surface area contributed by atoms with Crippen molar-refractivity contribution in [3.63, 3.8) is 0 Å². The van der Waals surface area contributed by atoms with Gasteiger partial charge in [0.15, 0.2) is 0 Å². The van der Waals surface area contributed by atoms with E-state index in [1.54, 1.807) is 0 Å². The summed E-state index contributed by atoms with van der Waals surface area (Å²) in [6.07, 6.45) is 0.0284. The molecule has 0 unspecified atom stereocenters. The fourth-order valence-corrected chi connectivity index (χ4v) is 3.60. The van der Waals surface area contributed by atoms with Crippen LogP contribution in [0.5, 0.6) is 0 Å². The predicted octanol–water partition coefficient (Wildman–Crippen LogP) is 2.44. The summed E-state index contributed by atoms with van der Waals surface area (Å²) in [4.78, 5) is 18.9. The lowest BCUT2D eigenvalue weighted by Gasteiger charge is -2.39. The molecule has 0 bridgehead atoms. The number of hydrogen-bond donors (Lipinski definition) is 0. The first-order valence-corrected chi connectivity index (χ1v) is 9.97. The number of rotatable bonds is 4. The van der Waals surface area contributed by atoms with Crippen molar-refractivity contribution in [3.05, 3.63) is 35.9 Å². The number of nitrogens with zero attached hydrogens (tertiary/aromatic N) is 3. The number of hydrogen-bond acceptors (Lipinski definition) is 5. The molecule has 1 aromatic carbocycles. The maximum Gasteiger partial charge on any atom is 0.410 e. The third-order valence-corrected chi connectivity index (χ3v) is 4.96. The second-order valence-corrected chi connectivity index (χ2v) is 8.48. The molecule has 0 N–H and O–H groups in total. The number of amides is 1. The third kappa shape index (κ3) is 6.48. The molecule has 27 heavy (non-hydrogen) atoms. The van der Waals surface area contributed by atoms with Crippen molar-refractivity contribution in [1.82, 2.24) is 14.7 Å². The van der Waals surface area contributed by atoms with Crippen LogP contribution in [0.4, 0.5) is 4.79 Å². The maximum absolute atomic E-state index is 12.2. The van der Waals surface area contributed by atoms with Crippen LogP contribution in [0.2, 0.25) is 0 Å². The van der Waals surface area contributed by atoms with Gasteiger partial charge in [0.2, 0.25) is 0 Å². The van der Waals surface area contributed by atoms with Gasteiger partial charge >= 0.3 is 6.09 Å². The maximum atomic E-state index is 12.2. The number of ether oxygens (including phenoxy) is 2. The van der Waals surface area contributed by atoms with Crippen molar-refractivity contribution in [2.45, 2.75) is 39.0 Å². The first-order valence-electron chi connectivity index (χ1n) is 9.97. The molecule has 0 saturated carbocycles. The first-order chi connectivity index (χ1) is 12.9. The fraction of sp³-hybridized carbons (Fsp3) is 0.667. The Morgan fingerprint density at radius 1 is 1.07 bits per heavy atom. The van der Waals surface area contributed by atoms with Crippen molar-refractivity contribution >= 4 is 6.09 Å². The Morgan fingerprint density at radius 3 is 2.44 bits per heavy atom. The van der Waals surface area contributed by atoms with Crippen molar-refractivity contribution in [1.29, 1.82) is 0 Å². The molecule has 150 valence electrons. The van der Waals surface area contributed by atoms with Gasteiger partial charge in [-0.1, -0.05) is 30.3 Å². The number of carbonyl (C=O) groups excluding carboxylic acids is 1. The van der Waals surface area contributed by atoms with E-state index < -0.39 is 5.60 Å². The van der Waals surface area contributed by atoms with E-state index in [4.69, 9.17) is 9.47 Å². The molecule has 0 aliphatic carbocycles. The van der Waals surface area contributed by atoms with E-state index in [9.17, 15) is 4.79 Å². The number of carbonyl (C=O) groups is 1. The Hall–Kier alpha value is -1.63. The summed E-state index contributed by atoms with van der Waals surface area (Å²) < 4.78 is 11.5. The third-order valence-electron chi connectivity index (χ3n) is 4.96. The van der Waals surface area contributed by atoms with Gasteiger partial charge < -0.3 is 14.4 Å². The summed E-state index contributed by atoms with van der Waals surface area (Å²) in [5, 5.41) is 0. The lowest BCUT2D eigenvalue weighted by molar-refractivity contribution is -0.0513. The molecule has 2 heterocycles. The largest absolute Gasteiger partial charge is 0.444 e. The first kappa shape index (κ1) is 20.1. The molecule has 1 amide bonds. The molecule has 0 aromatic heterocycles. The van der Waals surface area contributed by atoms with E-state index in [1.807, 2.05) is 25.7 Å². The summed E-state index contributed by atoms with van der Waals surface area (Å²) in [7, 11) is 0. The van der Waals surface area contributed by atoms with Crippen LogP contribution in [0.15, 0.2) is 30.3 Å². The summed E-state index contributed by atoms with van der Waals surface area (Å²) in [5.74, 6) is 0. The minimum atomic E-state index is -0.438. The molecule has 2 aliphatic rings. The van der Waals surface area contributed by atoms with Crippen molar-refractivity contribution in [3.8, 4) is 0 Å². The molecule has 1 aromatic rings. The minimum absolute atomic E-state index is 0.204. The standard InChI is InChI=1S/C21H33N3O3/c1-21(2,3)27-20(25)24-11-9-22(10-12-24)16-19-17-23(13-14-26-19)15-18-7-5-4-6-8-18/h4-8,19H,9-17H2,1-3H3/t19-/m1/s1. The van der Waals surface area contributed by atoms with E-state index in [-0.39, 0.29) is 12.2 Å². The van der Waals surface area contributed by atoms with E-state index in [0.29, 0.717) is 0 Å². The molecule has 2 saturated heterocycles. The zero-order valence-corrected chi connectivity index (χ0v) is 16.9. The summed E-state index contributed by atoms with van der Waals surface area (Å²) in [5.41, 5.74) is 0.913. The quantitative estimate of drug-likeness (QED) is 0.809. The fourth-order valence-electron chi connectivity index (χ4n) is 3.60. The smallest absolute Gasteiger partial charge is 0.410 e. The number of benzene rings is 1. The highest BCUT2D eigenvalue weighted by Crippen LogP contribution is 2.14. The van der Waals surface area contributed by atoms with Gasteiger partial charge in [0.1, 0.15) is 5.60 Å². The summed E-state index contributed by atoms with van der Waals surface area (Å²) >= 11 is 0. The van der Waals surface area contributed by atoms with Gasteiger partial charge in [0.05, 0.1) is 12.7 Å². The molecule has 2 fully saturated rings. The molecule has 6 heteroatoms. The predicted molar refractivity (Wildman–Crippen MR) is 106 cm³/mol. The second kappa shape index (κ2) is 9.04. The molecule has 2 aliphatic heterocycles. The van der Waals surface area contributed by atoms with Gasteiger partial charge in [0.25, 0.3) is 0 Å². The van der Waals surface area contributed by atoms with Crippen molar-refractivity contribution < 1.29 is 14.3 Å². The van der Waals surface area contributed by atoms with E-state index in [0.717, 1.165) is 59.0 Å². The van der Waals surface area contributed by atoms with Gasteiger partial charge in [-0.05, 0) is 26.3 Å². The van der Waals surface area contributed by atoms with E-state index in [1.165, 1.54) is 5.56 Å². The van der Waals surface area contributed by atoms with Crippen LogP contribution in [0.25, 0.3) is 0 Å². The molecule has 3 rings (SSSR count). The Labute approximate surface area is 163 Å². The number of morpholine rings is 1. The second-order valence-electron chi connectivity index (χ2n) is 8.48.